The molecule has 2 aromatic rings. The summed E-state index contributed by atoms with van der Waals surface area (Å²) in [7, 11) is 0. The molecular weight excluding hydrogens is 241 g/mol. The van der Waals surface area contributed by atoms with E-state index in [4.69, 9.17) is 0 Å². The fraction of sp³-hybridized carbons (Fsp3) is 0.333. The highest BCUT2D eigenvalue weighted by Gasteiger charge is 2.06. The Kier molecular flexibility index (Phi) is 4.44. The van der Waals surface area contributed by atoms with E-state index in [2.05, 4.69) is 22.2 Å². The lowest BCUT2D eigenvalue weighted by atomic mass is 10.1. The minimum atomic E-state index is -0.238. The predicted octanol–water partition coefficient (Wildman–Crippen LogP) is 3.67. The summed E-state index contributed by atoms with van der Waals surface area (Å²) in [5.41, 5.74) is 1.73. The number of aromatic nitrogens is 2. The Balaban J connectivity index is 2.40. The molecule has 3 nitrogen and oxygen atoms in total. The first kappa shape index (κ1) is 13.5. The van der Waals surface area contributed by atoms with Gasteiger partial charge in [0.25, 0.3) is 0 Å². The van der Waals surface area contributed by atoms with Gasteiger partial charge < -0.3 is 5.32 Å². The molecule has 1 aromatic carbocycles. The van der Waals surface area contributed by atoms with Crippen molar-refractivity contribution < 1.29 is 4.39 Å². The van der Waals surface area contributed by atoms with Gasteiger partial charge in [-0.25, -0.2) is 14.4 Å². The van der Waals surface area contributed by atoms with E-state index >= 15 is 0 Å². The third-order valence-corrected chi connectivity index (χ3v) is 2.74. The molecule has 1 N–H and O–H groups in total. The van der Waals surface area contributed by atoms with Crippen LogP contribution in [-0.4, -0.2) is 16.5 Å². The molecule has 0 radical (unpaired) electrons. The largest absolute Gasteiger partial charge is 0.370 e. The summed E-state index contributed by atoms with van der Waals surface area (Å²) in [5, 5.41) is 3.20. The van der Waals surface area contributed by atoms with Crippen LogP contribution in [0.1, 0.15) is 26.1 Å². The van der Waals surface area contributed by atoms with Gasteiger partial charge in [0.1, 0.15) is 17.5 Å². The first-order valence-corrected chi connectivity index (χ1v) is 6.60. The molecule has 0 saturated carbocycles. The normalized spacial score (nSPS) is 10.5. The summed E-state index contributed by atoms with van der Waals surface area (Å²) in [4.78, 5) is 8.99. The number of hydrogen-bond acceptors (Lipinski definition) is 3. The maximum atomic E-state index is 13.0. The van der Waals surface area contributed by atoms with E-state index < -0.39 is 0 Å². The van der Waals surface area contributed by atoms with Crippen molar-refractivity contribution in [1.82, 2.24) is 9.97 Å². The second-order valence-corrected chi connectivity index (χ2v) is 4.34. The Labute approximate surface area is 112 Å². The van der Waals surface area contributed by atoms with Gasteiger partial charge in [-0.2, -0.15) is 0 Å². The molecule has 1 aromatic heterocycles. The monoisotopic (exact) mass is 259 g/mol. The molecule has 0 unspecified atom stereocenters. The van der Waals surface area contributed by atoms with Crippen molar-refractivity contribution in [2.75, 3.05) is 11.9 Å². The van der Waals surface area contributed by atoms with Gasteiger partial charge in [-0.3, -0.25) is 0 Å². The lowest BCUT2D eigenvalue weighted by molar-refractivity contribution is 0.628. The van der Waals surface area contributed by atoms with E-state index in [-0.39, 0.29) is 5.82 Å². The van der Waals surface area contributed by atoms with Gasteiger partial charge in [0.05, 0.1) is 5.69 Å². The number of hydrogen-bond donors (Lipinski definition) is 1. The van der Waals surface area contributed by atoms with Gasteiger partial charge in [0.2, 0.25) is 0 Å². The second-order valence-electron chi connectivity index (χ2n) is 4.34. The topological polar surface area (TPSA) is 37.8 Å². The molecule has 0 spiro atoms. The molecule has 2 rings (SSSR count). The van der Waals surface area contributed by atoms with E-state index in [1.165, 1.54) is 12.1 Å². The van der Waals surface area contributed by atoms with Gasteiger partial charge >= 0.3 is 0 Å². The van der Waals surface area contributed by atoms with Crippen molar-refractivity contribution in [3.05, 3.63) is 42.0 Å². The fourth-order valence-electron chi connectivity index (χ4n) is 1.87. The molecule has 0 aliphatic carbocycles. The van der Waals surface area contributed by atoms with Crippen LogP contribution in [0.25, 0.3) is 11.3 Å². The maximum Gasteiger partial charge on any atom is 0.131 e. The molecule has 19 heavy (non-hydrogen) atoms. The Morgan fingerprint density at radius 1 is 1.11 bits per heavy atom. The van der Waals surface area contributed by atoms with Crippen LogP contribution in [0, 0.1) is 5.82 Å². The van der Waals surface area contributed by atoms with Crippen molar-refractivity contribution >= 4 is 5.82 Å². The predicted molar refractivity (Wildman–Crippen MR) is 75.6 cm³/mol. The van der Waals surface area contributed by atoms with E-state index in [1.54, 1.807) is 12.1 Å². The number of anilines is 1. The van der Waals surface area contributed by atoms with Crippen LogP contribution in [0.5, 0.6) is 0 Å². The molecule has 1 heterocycles. The molecule has 0 amide bonds. The van der Waals surface area contributed by atoms with Gasteiger partial charge in [-0.1, -0.05) is 6.92 Å². The molecule has 4 heteroatoms. The van der Waals surface area contributed by atoms with Crippen LogP contribution < -0.4 is 5.32 Å². The zero-order valence-corrected chi connectivity index (χ0v) is 11.3. The van der Waals surface area contributed by atoms with Crippen molar-refractivity contribution in [3.63, 3.8) is 0 Å². The van der Waals surface area contributed by atoms with Gasteiger partial charge in [0, 0.05) is 24.6 Å². The fourth-order valence-corrected chi connectivity index (χ4v) is 1.87. The zero-order chi connectivity index (χ0) is 13.7. The summed E-state index contributed by atoms with van der Waals surface area (Å²) in [6, 6.07) is 8.27. The Morgan fingerprint density at radius 2 is 1.84 bits per heavy atom. The summed E-state index contributed by atoms with van der Waals surface area (Å²) in [6.07, 6.45) is 1.84. The van der Waals surface area contributed by atoms with E-state index in [9.17, 15) is 4.39 Å². The zero-order valence-electron chi connectivity index (χ0n) is 11.3. The highest BCUT2D eigenvalue weighted by atomic mass is 19.1. The average Bonchev–Trinajstić information content (AvgIpc) is 2.40. The molecule has 0 aliphatic heterocycles. The Morgan fingerprint density at radius 3 is 2.47 bits per heavy atom. The molecule has 0 saturated heterocycles. The summed E-state index contributed by atoms with van der Waals surface area (Å²) in [5.74, 6) is 1.40. The number of aryl methyl sites for hydroxylation is 1. The highest BCUT2D eigenvalue weighted by molar-refractivity contribution is 5.62. The minimum Gasteiger partial charge on any atom is -0.370 e. The number of benzene rings is 1. The van der Waals surface area contributed by atoms with E-state index in [1.807, 2.05) is 13.0 Å². The van der Waals surface area contributed by atoms with Crippen LogP contribution in [0.4, 0.5) is 10.2 Å². The van der Waals surface area contributed by atoms with Crippen LogP contribution in [0.2, 0.25) is 0 Å². The highest BCUT2D eigenvalue weighted by Crippen LogP contribution is 2.20. The van der Waals surface area contributed by atoms with Gasteiger partial charge in [0.15, 0.2) is 0 Å². The lowest BCUT2D eigenvalue weighted by Gasteiger charge is -2.08. The number of rotatable bonds is 5. The average molecular weight is 259 g/mol. The molecule has 0 aliphatic rings. The van der Waals surface area contributed by atoms with Crippen LogP contribution >= 0.6 is 0 Å². The molecule has 100 valence electrons. The van der Waals surface area contributed by atoms with Crippen molar-refractivity contribution in [1.29, 1.82) is 0 Å². The number of nitrogens with zero attached hydrogens (tertiary/aromatic N) is 2. The maximum absolute atomic E-state index is 13.0. The summed E-state index contributed by atoms with van der Waals surface area (Å²) in [6.45, 7) is 4.94. The van der Waals surface area contributed by atoms with E-state index in [0.717, 1.165) is 42.3 Å². The molecule has 0 atom stereocenters. The van der Waals surface area contributed by atoms with Crippen LogP contribution in [-0.2, 0) is 6.42 Å². The number of nitrogens with one attached hydrogen (secondary N) is 1. The smallest absolute Gasteiger partial charge is 0.131 e. The van der Waals surface area contributed by atoms with Gasteiger partial charge in [-0.15, -0.1) is 0 Å². The second kappa shape index (κ2) is 6.27. The molecule has 0 bridgehead atoms. The quantitative estimate of drug-likeness (QED) is 0.890. The Bertz CT molecular complexity index is 513. The number of halogens is 1. The minimum absolute atomic E-state index is 0.238. The van der Waals surface area contributed by atoms with E-state index in [0.29, 0.717) is 0 Å². The Hall–Kier alpha value is -1.97. The van der Waals surface area contributed by atoms with Crippen LogP contribution in [0.15, 0.2) is 30.3 Å². The molecular formula is C15H18FN3. The third-order valence-electron chi connectivity index (χ3n) is 2.74. The lowest BCUT2D eigenvalue weighted by Crippen LogP contribution is -2.04. The summed E-state index contributed by atoms with van der Waals surface area (Å²) < 4.78 is 13.0. The van der Waals surface area contributed by atoms with Gasteiger partial charge in [-0.05, 0) is 37.6 Å². The summed E-state index contributed by atoms with van der Waals surface area (Å²) >= 11 is 0. The standard InChI is InChI=1S/C15H18FN3/c1-3-5-14-18-13(10-15(19-14)17-4-2)11-6-8-12(16)9-7-11/h6-10H,3-5H2,1-2H3,(H,17,18,19). The molecule has 0 fully saturated rings. The first-order chi connectivity index (χ1) is 9.22. The third kappa shape index (κ3) is 3.50. The van der Waals surface area contributed by atoms with Crippen molar-refractivity contribution in [2.45, 2.75) is 26.7 Å². The first-order valence-electron chi connectivity index (χ1n) is 6.60. The van der Waals surface area contributed by atoms with Crippen molar-refractivity contribution in [2.24, 2.45) is 0 Å². The van der Waals surface area contributed by atoms with Crippen LogP contribution in [0.3, 0.4) is 0 Å². The van der Waals surface area contributed by atoms with Crippen molar-refractivity contribution in [3.8, 4) is 11.3 Å². The SMILES string of the molecule is CCCc1nc(NCC)cc(-c2ccc(F)cc2)n1.